The van der Waals surface area contributed by atoms with Crippen molar-refractivity contribution in [1.29, 1.82) is 0 Å². The van der Waals surface area contributed by atoms with Crippen LogP contribution in [0.3, 0.4) is 0 Å². The molecule has 2 rings (SSSR count). The van der Waals surface area contributed by atoms with Crippen molar-refractivity contribution in [2.45, 2.75) is 0 Å². The minimum atomic E-state index is -0.819. The van der Waals surface area contributed by atoms with Gasteiger partial charge in [-0.25, -0.2) is 8.78 Å². The number of aromatic nitrogens is 1. The van der Waals surface area contributed by atoms with E-state index in [0.29, 0.717) is 0 Å². The van der Waals surface area contributed by atoms with Crippen molar-refractivity contribution in [1.82, 2.24) is 4.98 Å². The fourth-order valence-corrected chi connectivity index (χ4v) is 1.71. The number of halogens is 3. The molecule has 0 amide bonds. The number of nitrogens with one attached hydrogen (secondary N) is 1. The van der Waals surface area contributed by atoms with E-state index in [-0.39, 0.29) is 5.52 Å². The average molecular weight is 279 g/mol. The second kappa shape index (κ2) is 2.69. The van der Waals surface area contributed by atoms with Gasteiger partial charge >= 0.3 is 0 Å². The molecular formula is C8H4F2IN. The normalized spacial score (nSPS) is 10.9. The summed E-state index contributed by atoms with van der Waals surface area (Å²) in [6.45, 7) is 0. The third-order valence-corrected chi connectivity index (χ3v) is 2.59. The Balaban J connectivity index is 2.93. The van der Waals surface area contributed by atoms with Crippen LogP contribution < -0.4 is 0 Å². The molecule has 0 unspecified atom stereocenters. The number of benzene rings is 1. The summed E-state index contributed by atoms with van der Waals surface area (Å²) in [6, 6.07) is 2.69. The van der Waals surface area contributed by atoms with Crippen molar-refractivity contribution < 1.29 is 8.78 Å². The Kier molecular flexibility index (Phi) is 1.79. The molecule has 0 spiro atoms. The van der Waals surface area contributed by atoms with Crippen molar-refractivity contribution in [2.24, 2.45) is 0 Å². The van der Waals surface area contributed by atoms with Crippen molar-refractivity contribution in [2.75, 3.05) is 0 Å². The van der Waals surface area contributed by atoms with Gasteiger partial charge in [0.1, 0.15) is 0 Å². The first kappa shape index (κ1) is 7.97. The summed E-state index contributed by atoms with van der Waals surface area (Å²) in [5.74, 6) is -1.63. The molecule has 0 bridgehead atoms. The summed E-state index contributed by atoms with van der Waals surface area (Å²) in [5.41, 5.74) is 0.236. The fourth-order valence-electron chi connectivity index (χ4n) is 1.10. The lowest BCUT2D eigenvalue weighted by atomic mass is 10.2. The number of hydrogen-bond acceptors (Lipinski definition) is 0. The molecule has 62 valence electrons. The molecule has 0 aliphatic heterocycles. The molecular weight excluding hydrogens is 275 g/mol. The molecule has 0 saturated carbocycles. The lowest BCUT2D eigenvalue weighted by Gasteiger charge is -1.93. The number of hydrogen-bond donors (Lipinski definition) is 1. The topological polar surface area (TPSA) is 15.8 Å². The number of aromatic amines is 1. The largest absolute Gasteiger partial charge is 0.358 e. The van der Waals surface area contributed by atoms with Gasteiger partial charge in [0.15, 0.2) is 11.6 Å². The Morgan fingerprint density at radius 2 is 2.00 bits per heavy atom. The summed E-state index contributed by atoms with van der Waals surface area (Å²) in [7, 11) is 0. The maximum Gasteiger partial charge on any atom is 0.182 e. The highest BCUT2D eigenvalue weighted by molar-refractivity contribution is 14.1. The van der Waals surface area contributed by atoms with Crippen LogP contribution in [0, 0.1) is 15.2 Å². The van der Waals surface area contributed by atoms with Crippen molar-refractivity contribution >= 4 is 33.5 Å². The van der Waals surface area contributed by atoms with Crippen LogP contribution in [0.1, 0.15) is 0 Å². The third kappa shape index (κ3) is 1.01. The van der Waals surface area contributed by atoms with E-state index in [1.54, 1.807) is 12.3 Å². The zero-order valence-corrected chi connectivity index (χ0v) is 8.02. The highest BCUT2D eigenvalue weighted by atomic mass is 127. The van der Waals surface area contributed by atoms with Crippen molar-refractivity contribution in [3.63, 3.8) is 0 Å². The van der Waals surface area contributed by atoms with E-state index in [9.17, 15) is 8.78 Å². The molecule has 1 nitrogen and oxygen atoms in total. The van der Waals surface area contributed by atoms with Gasteiger partial charge in [-0.15, -0.1) is 0 Å². The number of rotatable bonds is 0. The van der Waals surface area contributed by atoms with Gasteiger partial charge in [0.05, 0.1) is 5.52 Å². The summed E-state index contributed by atoms with van der Waals surface area (Å²) in [5, 5.41) is 0.717. The van der Waals surface area contributed by atoms with Crippen molar-refractivity contribution in [3.8, 4) is 0 Å². The molecule has 12 heavy (non-hydrogen) atoms. The Hall–Kier alpha value is -0.650. The van der Waals surface area contributed by atoms with Crippen LogP contribution in [0.2, 0.25) is 0 Å². The summed E-state index contributed by atoms with van der Waals surface area (Å²) >= 11 is 2.06. The molecule has 0 atom stereocenters. The van der Waals surface area contributed by atoms with Crippen LogP contribution in [0.15, 0.2) is 18.3 Å². The zero-order valence-electron chi connectivity index (χ0n) is 5.87. The maximum atomic E-state index is 13.0. The SMILES string of the molecule is Fc1ccc2c(I)c[nH]c2c1F. The van der Waals surface area contributed by atoms with E-state index >= 15 is 0 Å². The first-order chi connectivity index (χ1) is 5.70. The van der Waals surface area contributed by atoms with Gasteiger partial charge in [-0.05, 0) is 34.7 Å². The Morgan fingerprint density at radius 1 is 1.25 bits per heavy atom. The van der Waals surface area contributed by atoms with E-state index in [4.69, 9.17) is 0 Å². The van der Waals surface area contributed by atoms with Crippen LogP contribution in [-0.4, -0.2) is 4.98 Å². The predicted molar refractivity (Wildman–Crippen MR) is 50.9 cm³/mol. The third-order valence-electron chi connectivity index (χ3n) is 1.70. The highest BCUT2D eigenvalue weighted by Gasteiger charge is 2.09. The van der Waals surface area contributed by atoms with Crippen LogP contribution in [0.25, 0.3) is 10.9 Å². The quantitative estimate of drug-likeness (QED) is 0.713. The lowest BCUT2D eigenvalue weighted by Crippen LogP contribution is -1.84. The molecule has 1 aromatic carbocycles. The van der Waals surface area contributed by atoms with E-state index < -0.39 is 11.6 Å². The maximum absolute atomic E-state index is 13.0. The fraction of sp³-hybridized carbons (Fsp3) is 0. The molecule has 4 heteroatoms. The second-order valence-corrected chi connectivity index (χ2v) is 3.58. The Bertz CT molecular complexity index is 436. The Morgan fingerprint density at radius 3 is 2.75 bits per heavy atom. The van der Waals surface area contributed by atoms with Gasteiger partial charge < -0.3 is 4.98 Å². The number of fused-ring (bicyclic) bond motifs is 1. The predicted octanol–water partition coefficient (Wildman–Crippen LogP) is 3.05. The zero-order chi connectivity index (χ0) is 8.72. The monoisotopic (exact) mass is 279 g/mol. The molecule has 0 aliphatic rings. The van der Waals surface area contributed by atoms with Gasteiger partial charge in [-0.1, -0.05) is 0 Å². The van der Waals surface area contributed by atoms with E-state index in [1.807, 2.05) is 0 Å². The first-order valence-electron chi connectivity index (χ1n) is 3.30. The molecule has 1 N–H and O–H groups in total. The summed E-state index contributed by atoms with van der Waals surface area (Å²) in [6.07, 6.45) is 1.65. The van der Waals surface area contributed by atoms with Gasteiger partial charge in [-0.2, -0.15) is 0 Å². The van der Waals surface area contributed by atoms with Gasteiger partial charge in [0, 0.05) is 15.2 Å². The lowest BCUT2D eigenvalue weighted by molar-refractivity contribution is 0.515. The van der Waals surface area contributed by atoms with Gasteiger partial charge in [0.2, 0.25) is 0 Å². The molecule has 1 aromatic heterocycles. The standard InChI is InChI=1S/C8H4F2IN/c9-5-2-1-4-6(11)3-12-8(4)7(5)10/h1-3,12H. The van der Waals surface area contributed by atoms with E-state index in [1.165, 1.54) is 0 Å². The van der Waals surface area contributed by atoms with Crippen LogP contribution >= 0.6 is 22.6 Å². The minimum Gasteiger partial charge on any atom is -0.358 e. The molecule has 0 fully saturated rings. The smallest absolute Gasteiger partial charge is 0.182 e. The molecule has 2 aromatic rings. The summed E-state index contributed by atoms with van der Waals surface area (Å²) < 4.78 is 26.6. The minimum absolute atomic E-state index is 0.236. The molecule has 0 radical (unpaired) electrons. The van der Waals surface area contributed by atoms with Crippen LogP contribution in [0.5, 0.6) is 0 Å². The summed E-state index contributed by atoms with van der Waals surface area (Å²) in [4.78, 5) is 2.67. The van der Waals surface area contributed by atoms with Gasteiger partial charge in [0.25, 0.3) is 0 Å². The Labute approximate surface area is 80.9 Å². The van der Waals surface area contributed by atoms with Crippen molar-refractivity contribution in [3.05, 3.63) is 33.5 Å². The molecule has 0 saturated heterocycles. The molecule has 1 heterocycles. The molecule has 0 aliphatic carbocycles. The highest BCUT2D eigenvalue weighted by Crippen LogP contribution is 2.23. The van der Waals surface area contributed by atoms with Crippen LogP contribution in [-0.2, 0) is 0 Å². The van der Waals surface area contributed by atoms with E-state index in [2.05, 4.69) is 27.6 Å². The van der Waals surface area contributed by atoms with E-state index in [0.717, 1.165) is 15.0 Å². The van der Waals surface area contributed by atoms with Crippen LogP contribution in [0.4, 0.5) is 8.78 Å². The number of H-pyrrole nitrogens is 1. The second-order valence-electron chi connectivity index (χ2n) is 2.42. The first-order valence-corrected chi connectivity index (χ1v) is 4.38. The van der Waals surface area contributed by atoms with Gasteiger partial charge in [-0.3, -0.25) is 0 Å². The average Bonchev–Trinajstić information content (AvgIpc) is 2.41.